The van der Waals surface area contributed by atoms with E-state index in [0.717, 1.165) is 11.4 Å². The van der Waals surface area contributed by atoms with Crippen LogP contribution >= 0.6 is 11.3 Å². The summed E-state index contributed by atoms with van der Waals surface area (Å²) in [6.07, 6.45) is 0.373. The summed E-state index contributed by atoms with van der Waals surface area (Å²) in [5.74, 6) is -0.422. The van der Waals surface area contributed by atoms with E-state index in [0.29, 0.717) is 5.13 Å². The molecule has 2 heterocycles. The van der Waals surface area contributed by atoms with Gasteiger partial charge in [-0.25, -0.2) is 8.42 Å². The number of aryl methyl sites for hydroxylation is 1. The molecule has 1 aliphatic rings. The van der Waals surface area contributed by atoms with Gasteiger partial charge in [0.05, 0.1) is 17.1 Å². The van der Waals surface area contributed by atoms with Crippen LogP contribution in [0.25, 0.3) is 0 Å². The summed E-state index contributed by atoms with van der Waals surface area (Å²) < 4.78 is 33.0. The highest BCUT2D eigenvalue weighted by Gasteiger charge is 2.32. The van der Waals surface area contributed by atoms with Crippen LogP contribution in [0.2, 0.25) is 0 Å². The number of ether oxygens (including phenoxy) is 1. The number of nitrogens with one attached hydrogen (secondary N) is 1. The van der Waals surface area contributed by atoms with Crippen LogP contribution in [0.15, 0.2) is 29.2 Å². The van der Waals surface area contributed by atoms with Crippen LogP contribution in [0.5, 0.6) is 0 Å². The number of hydrogen-bond acceptors (Lipinski definition) is 7. The molecule has 0 aliphatic carbocycles. The lowest BCUT2D eigenvalue weighted by Crippen LogP contribution is -2.48. The number of carbonyl (C=O) groups excluding carboxylic acids is 1. The zero-order valence-electron chi connectivity index (χ0n) is 15.4. The lowest BCUT2D eigenvalue weighted by Gasteiger charge is -2.34. The van der Waals surface area contributed by atoms with Crippen LogP contribution in [-0.4, -0.2) is 54.1 Å². The van der Waals surface area contributed by atoms with Crippen molar-refractivity contribution in [2.45, 2.75) is 44.3 Å². The predicted molar refractivity (Wildman–Crippen MR) is 102 cm³/mol. The molecule has 2 atom stereocenters. The fourth-order valence-electron chi connectivity index (χ4n) is 2.89. The molecule has 1 amide bonds. The van der Waals surface area contributed by atoms with E-state index in [9.17, 15) is 13.2 Å². The van der Waals surface area contributed by atoms with Crippen molar-refractivity contribution in [3.8, 4) is 0 Å². The van der Waals surface area contributed by atoms with E-state index in [2.05, 4.69) is 15.5 Å². The third kappa shape index (κ3) is 4.52. The first-order valence-electron chi connectivity index (χ1n) is 8.69. The van der Waals surface area contributed by atoms with Gasteiger partial charge in [0, 0.05) is 18.7 Å². The second-order valence-electron chi connectivity index (χ2n) is 6.42. The Hall–Kier alpha value is -1.88. The molecule has 3 rings (SSSR count). The lowest BCUT2D eigenvalue weighted by molar-refractivity contribution is -0.0440. The number of hydrogen-bond donors (Lipinski definition) is 1. The largest absolute Gasteiger partial charge is 0.373 e. The van der Waals surface area contributed by atoms with Gasteiger partial charge in [0.2, 0.25) is 15.2 Å². The molecule has 27 heavy (non-hydrogen) atoms. The summed E-state index contributed by atoms with van der Waals surface area (Å²) in [7, 11) is -3.71. The minimum Gasteiger partial charge on any atom is -0.373 e. The number of sulfonamides is 1. The van der Waals surface area contributed by atoms with Crippen LogP contribution in [0.1, 0.15) is 36.1 Å². The van der Waals surface area contributed by atoms with Crippen molar-refractivity contribution in [2.24, 2.45) is 0 Å². The molecule has 0 unspecified atom stereocenters. The SMILES string of the molecule is CCc1nnc(NC(=O)c2cccc(S(=O)(=O)N3C[C@H](C)O[C@@H](C)C3)c2)s1. The Bertz CT molecular complexity index is 919. The molecule has 0 saturated carbocycles. The van der Waals surface area contributed by atoms with E-state index in [4.69, 9.17) is 4.74 Å². The van der Waals surface area contributed by atoms with Crippen LogP contribution in [0.3, 0.4) is 0 Å². The molecule has 0 radical (unpaired) electrons. The first kappa shape index (κ1) is 19.9. The monoisotopic (exact) mass is 410 g/mol. The normalized spacial score (nSPS) is 21.1. The summed E-state index contributed by atoms with van der Waals surface area (Å²) >= 11 is 1.29. The van der Waals surface area contributed by atoms with E-state index in [-0.39, 0.29) is 35.8 Å². The highest BCUT2D eigenvalue weighted by molar-refractivity contribution is 7.89. The molecule has 1 aromatic carbocycles. The quantitative estimate of drug-likeness (QED) is 0.810. The molecule has 0 spiro atoms. The summed E-state index contributed by atoms with van der Waals surface area (Å²) in [6.45, 7) is 6.21. The molecule has 1 aliphatic heterocycles. The highest BCUT2D eigenvalue weighted by Crippen LogP contribution is 2.23. The first-order valence-corrected chi connectivity index (χ1v) is 10.9. The number of nitrogens with zero attached hydrogens (tertiary/aromatic N) is 3. The summed E-state index contributed by atoms with van der Waals surface area (Å²) in [6, 6.07) is 6.02. The van der Waals surface area contributed by atoms with Crippen molar-refractivity contribution in [1.29, 1.82) is 0 Å². The van der Waals surface area contributed by atoms with Crippen molar-refractivity contribution >= 4 is 32.4 Å². The zero-order valence-corrected chi connectivity index (χ0v) is 17.0. The van der Waals surface area contributed by atoms with E-state index in [1.807, 2.05) is 20.8 Å². The van der Waals surface area contributed by atoms with Crippen LogP contribution in [-0.2, 0) is 21.2 Å². The van der Waals surface area contributed by atoms with E-state index < -0.39 is 15.9 Å². The van der Waals surface area contributed by atoms with Crippen molar-refractivity contribution < 1.29 is 17.9 Å². The third-order valence-corrected chi connectivity index (χ3v) is 6.92. The van der Waals surface area contributed by atoms with Gasteiger partial charge in [-0.1, -0.05) is 24.3 Å². The van der Waals surface area contributed by atoms with Gasteiger partial charge in [0.25, 0.3) is 5.91 Å². The van der Waals surface area contributed by atoms with Gasteiger partial charge in [-0.05, 0) is 38.5 Å². The summed E-state index contributed by atoms with van der Waals surface area (Å²) in [4.78, 5) is 12.6. The minimum atomic E-state index is -3.71. The Balaban J connectivity index is 1.80. The van der Waals surface area contributed by atoms with Gasteiger partial charge < -0.3 is 4.74 Å². The maximum atomic E-state index is 13.0. The maximum Gasteiger partial charge on any atom is 0.257 e. The van der Waals surface area contributed by atoms with Gasteiger partial charge in [-0.2, -0.15) is 4.31 Å². The number of rotatable bonds is 5. The zero-order chi connectivity index (χ0) is 19.6. The molecule has 1 saturated heterocycles. The average molecular weight is 411 g/mol. The number of carbonyl (C=O) groups is 1. The van der Waals surface area contributed by atoms with Gasteiger partial charge >= 0.3 is 0 Å². The van der Waals surface area contributed by atoms with Gasteiger partial charge in [0.1, 0.15) is 5.01 Å². The Morgan fingerprint density at radius 2 is 2.00 bits per heavy atom. The smallest absolute Gasteiger partial charge is 0.257 e. The first-order chi connectivity index (χ1) is 12.8. The van der Waals surface area contributed by atoms with Gasteiger partial charge in [0.15, 0.2) is 0 Å². The number of aromatic nitrogens is 2. The molecule has 0 bridgehead atoms. The average Bonchev–Trinajstić information content (AvgIpc) is 3.08. The third-order valence-electron chi connectivity index (χ3n) is 4.11. The number of morpholine rings is 1. The van der Waals surface area contributed by atoms with Crippen LogP contribution in [0.4, 0.5) is 5.13 Å². The molecule has 146 valence electrons. The number of anilines is 1. The van der Waals surface area contributed by atoms with Crippen molar-refractivity contribution in [3.05, 3.63) is 34.8 Å². The van der Waals surface area contributed by atoms with Gasteiger partial charge in [-0.3, -0.25) is 10.1 Å². The minimum absolute atomic E-state index is 0.0861. The van der Waals surface area contributed by atoms with Crippen LogP contribution in [0, 0.1) is 0 Å². The van der Waals surface area contributed by atoms with E-state index in [1.165, 1.54) is 27.8 Å². The highest BCUT2D eigenvalue weighted by atomic mass is 32.2. The van der Waals surface area contributed by atoms with Crippen molar-refractivity contribution in [2.75, 3.05) is 18.4 Å². The molecule has 8 nitrogen and oxygen atoms in total. The van der Waals surface area contributed by atoms with E-state index >= 15 is 0 Å². The molecular formula is C17H22N4O4S2. The maximum absolute atomic E-state index is 13.0. The molecular weight excluding hydrogens is 388 g/mol. The number of benzene rings is 1. The second-order valence-corrected chi connectivity index (χ2v) is 9.42. The lowest BCUT2D eigenvalue weighted by atomic mass is 10.2. The second kappa shape index (κ2) is 8.01. The van der Waals surface area contributed by atoms with Crippen molar-refractivity contribution in [3.63, 3.8) is 0 Å². The fraction of sp³-hybridized carbons (Fsp3) is 0.471. The van der Waals surface area contributed by atoms with Crippen molar-refractivity contribution in [1.82, 2.24) is 14.5 Å². The molecule has 1 N–H and O–H groups in total. The predicted octanol–water partition coefficient (Wildman–Crippen LogP) is 2.15. The fourth-order valence-corrected chi connectivity index (χ4v) is 5.20. The molecule has 2 aromatic rings. The molecule has 1 fully saturated rings. The standard InChI is InChI=1S/C17H22N4O4S2/c1-4-15-19-20-17(26-15)18-16(22)13-6-5-7-14(8-13)27(23,24)21-9-11(2)25-12(3)10-21/h5-8,11-12H,4,9-10H2,1-3H3,(H,18,20,22)/t11-,12-/m0/s1. The number of amides is 1. The Labute approximate surface area is 162 Å². The Kier molecular flexibility index (Phi) is 5.89. The Morgan fingerprint density at radius 1 is 1.30 bits per heavy atom. The van der Waals surface area contributed by atoms with Crippen LogP contribution < -0.4 is 5.32 Å². The summed E-state index contributed by atoms with van der Waals surface area (Å²) in [5, 5.41) is 11.7. The Morgan fingerprint density at radius 3 is 2.63 bits per heavy atom. The molecule has 1 aromatic heterocycles. The topological polar surface area (TPSA) is 101 Å². The van der Waals surface area contributed by atoms with E-state index in [1.54, 1.807) is 12.1 Å². The molecule has 10 heteroatoms. The summed E-state index contributed by atoms with van der Waals surface area (Å²) in [5.41, 5.74) is 0.249. The van der Waals surface area contributed by atoms with Gasteiger partial charge in [-0.15, -0.1) is 10.2 Å².